The Hall–Kier alpha value is -1.80. The zero-order chi connectivity index (χ0) is 15.2. The minimum atomic E-state index is -0.00799. The van der Waals surface area contributed by atoms with E-state index in [4.69, 9.17) is 11.6 Å². The smallest absolute Gasteiger partial charge is 0.161 e. The summed E-state index contributed by atoms with van der Waals surface area (Å²) in [6, 6.07) is 15.9. The lowest BCUT2D eigenvalue weighted by atomic mass is 10.1. The predicted octanol–water partition coefficient (Wildman–Crippen LogP) is 5.48. The second-order valence-corrected chi connectivity index (χ2v) is 5.47. The van der Waals surface area contributed by atoms with Crippen LogP contribution < -0.4 is 4.90 Å². The standard InChI is InChI=1S/C18H20ClNO/c1-3-4-12-20(15-8-6-5-7-9-15)16-10-11-17(14(2)21)18(19)13-16/h5-11,13H,3-4,12H2,1-2H3. The molecule has 0 amide bonds. The van der Waals surface area contributed by atoms with Crippen LogP contribution in [0.5, 0.6) is 0 Å². The van der Waals surface area contributed by atoms with Crippen LogP contribution in [0.2, 0.25) is 5.02 Å². The first kappa shape index (κ1) is 15.6. The van der Waals surface area contributed by atoms with E-state index in [2.05, 4.69) is 24.0 Å². The van der Waals surface area contributed by atoms with Crippen molar-refractivity contribution in [3.8, 4) is 0 Å². The highest BCUT2D eigenvalue weighted by Gasteiger charge is 2.12. The molecule has 0 spiro atoms. The quantitative estimate of drug-likeness (QED) is 0.658. The van der Waals surface area contributed by atoms with Gasteiger partial charge in [0.05, 0.1) is 5.02 Å². The fourth-order valence-electron chi connectivity index (χ4n) is 2.29. The van der Waals surface area contributed by atoms with Crippen molar-refractivity contribution in [3.05, 3.63) is 59.1 Å². The molecule has 0 unspecified atom stereocenters. The Morgan fingerprint density at radius 1 is 1.10 bits per heavy atom. The first-order valence-electron chi connectivity index (χ1n) is 7.26. The molecule has 110 valence electrons. The van der Waals surface area contributed by atoms with E-state index < -0.39 is 0 Å². The van der Waals surface area contributed by atoms with E-state index in [0.29, 0.717) is 10.6 Å². The predicted molar refractivity (Wildman–Crippen MR) is 89.8 cm³/mol. The van der Waals surface area contributed by atoms with Crippen LogP contribution in [0.15, 0.2) is 48.5 Å². The van der Waals surface area contributed by atoms with Crippen LogP contribution in [0.3, 0.4) is 0 Å². The monoisotopic (exact) mass is 301 g/mol. The number of unbranched alkanes of at least 4 members (excludes halogenated alkanes) is 1. The van der Waals surface area contributed by atoms with E-state index >= 15 is 0 Å². The number of halogens is 1. The SMILES string of the molecule is CCCCN(c1ccccc1)c1ccc(C(C)=O)c(Cl)c1. The number of carbonyl (C=O) groups is 1. The Morgan fingerprint density at radius 3 is 2.38 bits per heavy atom. The van der Waals surface area contributed by atoms with Crippen molar-refractivity contribution in [2.24, 2.45) is 0 Å². The number of Topliss-reactive ketones (excluding diaryl/α,β-unsaturated/α-hetero) is 1. The molecule has 0 heterocycles. The first-order chi connectivity index (χ1) is 10.1. The van der Waals surface area contributed by atoms with Gasteiger partial charge >= 0.3 is 0 Å². The summed E-state index contributed by atoms with van der Waals surface area (Å²) in [5, 5.41) is 0.512. The van der Waals surface area contributed by atoms with Crippen molar-refractivity contribution in [2.45, 2.75) is 26.7 Å². The van der Waals surface area contributed by atoms with Crippen molar-refractivity contribution in [2.75, 3.05) is 11.4 Å². The summed E-state index contributed by atoms with van der Waals surface area (Å²) in [5.74, 6) is -0.00799. The van der Waals surface area contributed by atoms with Crippen LogP contribution in [0.1, 0.15) is 37.0 Å². The fourth-order valence-corrected chi connectivity index (χ4v) is 2.60. The molecule has 0 aromatic heterocycles. The molecular formula is C18H20ClNO. The zero-order valence-corrected chi connectivity index (χ0v) is 13.2. The van der Waals surface area contributed by atoms with E-state index in [1.165, 1.54) is 6.92 Å². The largest absolute Gasteiger partial charge is 0.341 e. The normalized spacial score (nSPS) is 10.4. The van der Waals surface area contributed by atoms with Gasteiger partial charge in [-0.3, -0.25) is 4.79 Å². The molecule has 0 aliphatic heterocycles. The molecule has 0 N–H and O–H groups in total. The molecular weight excluding hydrogens is 282 g/mol. The van der Waals surface area contributed by atoms with E-state index in [9.17, 15) is 4.79 Å². The maximum absolute atomic E-state index is 11.5. The van der Waals surface area contributed by atoms with Gasteiger partial charge in [0.1, 0.15) is 0 Å². The summed E-state index contributed by atoms with van der Waals surface area (Å²) < 4.78 is 0. The number of carbonyl (C=O) groups excluding carboxylic acids is 1. The minimum Gasteiger partial charge on any atom is -0.341 e. The Balaban J connectivity index is 2.37. The van der Waals surface area contributed by atoms with Gasteiger partial charge in [-0.2, -0.15) is 0 Å². The van der Waals surface area contributed by atoms with Crippen LogP contribution >= 0.6 is 11.6 Å². The van der Waals surface area contributed by atoms with Crippen molar-refractivity contribution in [3.63, 3.8) is 0 Å². The number of anilines is 2. The highest BCUT2D eigenvalue weighted by atomic mass is 35.5. The van der Waals surface area contributed by atoms with Crippen molar-refractivity contribution in [1.82, 2.24) is 0 Å². The molecule has 0 saturated heterocycles. The summed E-state index contributed by atoms with van der Waals surface area (Å²) in [5.41, 5.74) is 2.73. The molecule has 21 heavy (non-hydrogen) atoms. The average Bonchev–Trinajstić information content (AvgIpc) is 2.48. The number of ketones is 1. The van der Waals surface area contributed by atoms with Crippen molar-refractivity contribution >= 4 is 28.8 Å². The summed E-state index contributed by atoms with van der Waals surface area (Å²) in [7, 11) is 0. The number of hydrogen-bond donors (Lipinski definition) is 0. The van der Waals surface area contributed by atoms with Crippen LogP contribution in [0.25, 0.3) is 0 Å². The maximum Gasteiger partial charge on any atom is 0.161 e. The first-order valence-corrected chi connectivity index (χ1v) is 7.64. The summed E-state index contributed by atoms with van der Waals surface area (Å²) in [4.78, 5) is 13.7. The molecule has 2 rings (SSSR count). The molecule has 2 aromatic rings. The number of benzene rings is 2. The second kappa shape index (κ2) is 7.28. The van der Waals surface area contributed by atoms with Crippen LogP contribution in [-0.4, -0.2) is 12.3 Å². The zero-order valence-electron chi connectivity index (χ0n) is 12.5. The molecule has 0 atom stereocenters. The molecule has 0 fully saturated rings. The van der Waals surface area contributed by atoms with Gasteiger partial charge in [0, 0.05) is 23.5 Å². The van der Waals surface area contributed by atoms with Gasteiger partial charge in [-0.25, -0.2) is 0 Å². The van der Waals surface area contributed by atoms with E-state index in [-0.39, 0.29) is 5.78 Å². The van der Waals surface area contributed by atoms with Crippen molar-refractivity contribution in [1.29, 1.82) is 0 Å². The van der Waals surface area contributed by atoms with Gasteiger partial charge in [-0.1, -0.05) is 43.1 Å². The Morgan fingerprint density at radius 2 is 1.81 bits per heavy atom. The Labute approximate surface area is 131 Å². The molecule has 2 aromatic carbocycles. The summed E-state index contributed by atoms with van der Waals surface area (Å²) in [6.07, 6.45) is 2.23. The Bertz CT molecular complexity index is 610. The highest BCUT2D eigenvalue weighted by Crippen LogP contribution is 2.29. The highest BCUT2D eigenvalue weighted by molar-refractivity contribution is 6.34. The second-order valence-electron chi connectivity index (χ2n) is 5.06. The lowest BCUT2D eigenvalue weighted by Gasteiger charge is -2.25. The van der Waals surface area contributed by atoms with E-state index in [1.54, 1.807) is 0 Å². The van der Waals surface area contributed by atoms with Gasteiger partial charge < -0.3 is 4.90 Å². The minimum absolute atomic E-state index is 0.00799. The lowest BCUT2D eigenvalue weighted by Crippen LogP contribution is -2.18. The number of rotatable bonds is 6. The molecule has 0 bridgehead atoms. The number of para-hydroxylation sites is 1. The molecule has 2 nitrogen and oxygen atoms in total. The third-order valence-corrected chi connectivity index (χ3v) is 3.76. The summed E-state index contributed by atoms with van der Waals surface area (Å²) in [6.45, 7) is 4.64. The molecule has 0 aliphatic rings. The van der Waals surface area contributed by atoms with Gasteiger partial charge in [-0.05, 0) is 43.7 Å². The van der Waals surface area contributed by atoms with Gasteiger partial charge in [0.15, 0.2) is 5.78 Å². The van der Waals surface area contributed by atoms with Gasteiger partial charge in [0.25, 0.3) is 0 Å². The number of hydrogen-bond acceptors (Lipinski definition) is 2. The van der Waals surface area contributed by atoms with Gasteiger partial charge in [-0.15, -0.1) is 0 Å². The Kier molecular flexibility index (Phi) is 5.40. The van der Waals surface area contributed by atoms with Gasteiger partial charge in [0.2, 0.25) is 0 Å². The summed E-state index contributed by atoms with van der Waals surface area (Å²) >= 11 is 6.24. The maximum atomic E-state index is 11.5. The average molecular weight is 302 g/mol. The molecule has 0 radical (unpaired) electrons. The van der Waals surface area contributed by atoms with Crippen LogP contribution in [0, 0.1) is 0 Å². The van der Waals surface area contributed by atoms with Crippen LogP contribution in [0.4, 0.5) is 11.4 Å². The van der Waals surface area contributed by atoms with E-state index in [1.807, 2.05) is 36.4 Å². The third kappa shape index (κ3) is 3.85. The van der Waals surface area contributed by atoms with Crippen molar-refractivity contribution < 1.29 is 4.79 Å². The lowest BCUT2D eigenvalue weighted by molar-refractivity contribution is 0.101. The topological polar surface area (TPSA) is 20.3 Å². The van der Waals surface area contributed by atoms with Crippen LogP contribution in [-0.2, 0) is 0 Å². The third-order valence-electron chi connectivity index (χ3n) is 3.45. The molecule has 3 heteroatoms. The number of nitrogens with zero attached hydrogens (tertiary/aromatic N) is 1. The molecule has 0 saturated carbocycles. The van der Waals surface area contributed by atoms with E-state index in [0.717, 1.165) is 30.8 Å². The molecule has 0 aliphatic carbocycles. The fraction of sp³-hybridized carbons (Fsp3) is 0.278.